The smallest absolute Gasteiger partial charge is 0.433 e. The maximum absolute atomic E-state index is 13.5. The molecule has 0 aliphatic carbocycles. The molecule has 0 amide bonds. The van der Waals surface area contributed by atoms with Crippen molar-refractivity contribution in [1.29, 1.82) is 0 Å². The number of benzene rings is 2. The summed E-state index contributed by atoms with van der Waals surface area (Å²) in [7, 11) is 0. The molecular weight excluding hydrogens is 333 g/mol. The lowest BCUT2D eigenvalue weighted by Gasteiger charge is -2.45. The summed E-state index contributed by atoms with van der Waals surface area (Å²) in [5.74, 6) is -0.776. The van der Waals surface area contributed by atoms with E-state index in [2.05, 4.69) is 0 Å². The Morgan fingerprint density at radius 3 is 2.20 bits per heavy atom. The van der Waals surface area contributed by atoms with E-state index in [1.165, 1.54) is 24.3 Å². The minimum Gasteiger partial charge on any atom is -0.476 e. The highest BCUT2D eigenvalue weighted by Gasteiger charge is 2.64. The van der Waals surface area contributed by atoms with E-state index in [0.29, 0.717) is 0 Å². The van der Waals surface area contributed by atoms with E-state index >= 15 is 0 Å². The number of rotatable bonds is 4. The highest BCUT2D eigenvalue weighted by molar-refractivity contribution is 5.82. The molecule has 130 valence electrons. The van der Waals surface area contributed by atoms with Crippen LogP contribution >= 0.6 is 0 Å². The van der Waals surface area contributed by atoms with Gasteiger partial charge in [-0.1, -0.05) is 60.7 Å². The summed E-state index contributed by atoms with van der Waals surface area (Å²) in [4.78, 5) is 11.8. The Kier molecular flexibility index (Phi) is 4.53. The second-order valence-electron chi connectivity index (χ2n) is 5.67. The fourth-order valence-electron chi connectivity index (χ4n) is 2.63. The average Bonchev–Trinajstić information content (AvgIpc) is 2.56. The van der Waals surface area contributed by atoms with E-state index in [1.807, 2.05) is 6.07 Å². The molecule has 0 N–H and O–H groups in total. The Morgan fingerprint density at radius 1 is 1.08 bits per heavy atom. The topological polar surface area (TPSA) is 35.5 Å². The first-order chi connectivity index (χ1) is 11.9. The summed E-state index contributed by atoms with van der Waals surface area (Å²) in [6.45, 7) is 0.0482. The zero-order valence-corrected chi connectivity index (χ0v) is 13.1. The van der Waals surface area contributed by atoms with E-state index in [9.17, 15) is 18.0 Å². The lowest BCUT2D eigenvalue weighted by Crippen LogP contribution is -2.51. The van der Waals surface area contributed by atoms with Crippen molar-refractivity contribution >= 4 is 5.97 Å². The zero-order valence-electron chi connectivity index (χ0n) is 13.1. The van der Waals surface area contributed by atoms with Gasteiger partial charge in [0.1, 0.15) is 12.4 Å². The quantitative estimate of drug-likeness (QED) is 0.603. The molecular formula is C19H15F3O3. The summed E-state index contributed by atoms with van der Waals surface area (Å²) in [6, 6.07) is 16.4. The van der Waals surface area contributed by atoms with Gasteiger partial charge in [0.15, 0.2) is 0 Å². The molecule has 2 aromatic rings. The van der Waals surface area contributed by atoms with Gasteiger partial charge in [-0.15, -0.1) is 0 Å². The monoisotopic (exact) mass is 348 g/mol. The third-order valence-corrected chi connectivity index (χ3v) is 3.93. The van der Waals surface area contributed by atoms with E-state index in [0.717, 1.165) is 11.6 Å². The zero-order chi connectivity index (χ0) is 17.9. The molecule has 25 heavy (non-hydrogen) atoms. The van der Waals surface area contributed by atoms with Gasteiger partial charge < -0.3 is 9.47 Å². The number of ether oxygens (including phenoxy) is 2. The van der Waals surface area contributed by atoms with Gasteiger partial charge in [-0.2, -0.15) is 13.2 Å². The predicted octanol–water partition coefficient (Wildman–Crippen LogP) is 4.49. The number of esters is 1. The fraction of sp³-hybridized carbons (Fsp3) is 0.211. The van der Waals surface area contributed by atoms with E-state index in [4.69, 9.17) is 9.47 Å². The fourth-order valence-corrected chi connectivity index (χ4v) is 2.63. The SMILES string of the molecule is O=C(/C=C1\C[C@](c2ccccc2)(C(F)(F)F)O1)OCc1ccccc1. The molecule has 1 aliphatic rings. The molecule has 0 spiro atoms. The van der Waals surface area contributed by atoms with Crippen LogP contribution < -0.4 is 0 Å². The summed E-state index contributed by atoms with van der Waals surface area (Å²) >= 11 is 0. The lowest BCUT2D eigenvalue weighted by atomic mass is 9.84. The normalized spacial score (nSPS) is 21.3. The second kappa shape index (κ2) is 6.63. The average molecular weight is 348 g/mol. The van der Waals surface area contributed by atoms with Gasteiger partial charge in [0.25, 0.3) is 0 Å². The third-order valence-electron chi connectivity index (χ3n) is 3.93. The summed E-state index contributed by atoms with van der Waals surface area (Å²) in [5, 5.41) is 0. The molecule has 0 radical (unpaired) electrons. The van der Waals surface area contributed by atoms with Crippen molar-refractivity contribution in [2.45, 2.75) is 24.8 Å². The Balaban J connectivity index is 1.66. The lowest BCUT2D eigenvalue weighted by molar-refractivity contribution is -0.309. The largest absolute Gasteiger partial charge is 0.476 e. The molecule has 3 nitrogen and oxygen atoms in total. The molecule has 1 atom stereocenters. The Morgan fingerprint density at radius 2 is 1.64 bits per heavy atom. The molecule has 6 heteroatoms. The maximum atomic E-state index is 13.5. The van der Waals surface area contributed by atoms with Crippen molar-refractivity contribution in [2.24, 2.45) is 0 Å². The first-order valence-electron chi connectivity index (χ1n) is 7.63. The van der Waals surface area contributed by atoms with Crippen molar-refractivity contribution in [2.75, 3.05) is 0 Å². The van der Waals surface area contributed by atoms with Gasteiger partial charge >= 0.3 is 12.1 Å². The minimum atomic E-state index is -4.58. The van der Waals surface area contributed by atoms with Crippen LogP contribution in [-0.2, 0) is 26.5 Å². The van der Waals surface area contributed by atoms with Crippen molar-refractivity contribution in [1.82, 2.24) is 0 Å². The molecule has 2 aromatic carbocycles. The van der Waals surface area contributed by atoms with Crippen LogP contribution in [0.2, 0.25) is 0 Å². The van der Waals surface area contributed by atoms with Crippen LogP contribution in [0.1, 0.15) is 17.5 Å². The number of alkyl halides is 3. The molecule has 0 saturated carbocycles. The Labute approximate surface area is 142 Å². The molecule has 3 rings (SSSR count). The van der Waals surface area contributed by atoms with Gasteiger partial charge in [0, 0.05) is 5.56 Å². The highest BCUT2D eigenvalue weighted by atomic mass is 19.4. The van der Waals surface area contributed by atoms with Gasteiger partial charge in [-0.3, -0.25) is 0 Å². The van der Waals surface area contributed by atoms with Crippen LogP contribution in [0.15, 0.2) is 72.5 Å². The van der Waals surface area contributed by atoms with Gasteiger partial charge in [0.05, 0.1) is 12.5 Å². The first-order valence-corrected chi connectivity index (χ1v) is 7.63. The molecule has 0 bridgehead atoms. The Bertz CT molecular complexity index is 760. The van der Waals surface area contributed by atoms with Gasteiger partial charge in [0.2, 0.25) is 5.60 Å². The van der Waals surface area contributed by atoms with Gasteiger partial charge in [-0.25, -0.2) is 4.79 Å². The number of hydrogen-bond acceptors (Lipinski definition) is 3. The van der Waals surface area contributed by atoms with Crippen LogP contribution in [0.5, 0.6) is 0 Å². The molecule has 1 heterocycles. The molecule has 1 saturated heterocycles. The summed E-state index contributed by atoms with van der Waals surface area (Å²) in [5.41, 5.74) is -1.60. The molecule has 0 aromatic heterocycles. The van der Waals surface area contributed by atoms with E-state index in [-0.39, 0.29) is 17.9 Å². The van der Waals surface area contributed by atoms with Crippen molar-refractivity contribution in [3.8, 4) is 0 Å². The Hall–Kier alpha value is -2.76. The summed E-state index contributed by atoms with van der Waals surface area (Å²) in [6.07, 6.45) is -4.05. The molecule has 1 aliphatic heterocycles. The number of carbonyl (C=O) groups is 1. The number of hydrogen-bond donors (Lipinski definition) is 0. The standard InChI is InChI=1S/C19H15F3O3/c20-19(21,22)18(15-9-5-2-6-10-15)12-16(25-18)11-17(23)24-13-14-7-3-1-4-8-14/h1-11H,12-13H2/b16-11+/t18-/m0/s1. The highest BCUT2D eigenvalue weighted by Crippen LogP contribution is 2.54. The van der Waals surface area contributed by atoms with Crippen LogP contribution in [0.3, 0.4) is 0 Å². The summed E-state index contributed by atoms with van der Waals surface area (Å²) < 4.78 is 50.4. The van der Waals surface area contributed by atoms with Crippen molar-refractivity contribution in [3.05, 3.63) is 83.6 Å². The van der Waals surface area contributed by atoms with Crippen LogP contribution in [-0.4, -0.2) is 12.1 Å². The minimum absolute atomic E-state index is 0.0114. The maximum Gasteiger partial charge on any atom is 0.433 e. The van der Waals surface area contributed by atoms with E-state index < -0.39 is 24.2 Å². The van der Waals surface area contributed by atoms with Crippen molar-refractivity contribution < 1.29 is 27.4 Å². The van der Waals surface area contributed by atoms with E-state index in [1.54, 1.807) is 30.3 Å². The number of halogens is 3. The molecule has 0 unspecified atom stereocenters. The van der Waals surface area contributed by atoms with Crippen molar-refractivity contribution in [3.63, 3.8) is 0 Å². The van der Waals surface area contributed by atoms with Crippen LogP contribution in [0, 0.1) is 0 Å². The van der Waals surface area contributed by atoms with Crippen LogP contribution in [0.4, 0.5) is 13.2 Å². The predicted molar refractivity (Wildman–Crippen MR) is 84.2 cm³/mol. The first kappa shape index (κ1) is 17.1. The van der Waals surface area contributed by atoms with Gasteiger partial charge in [-0.05, 0) is 5.56 Å². The van der Waals surface area contributed by atoms with Crippen LogP contribution in [0.25, 0.3) is 0 Å². The third kappa shape index (κ3) is 3.52. The molecule has 1 fully saturated rings. The number of carbonyl (C=O) groups excluding carboxylic acids is 1. The second-order valence-corrected chi connectivity index (χ2v) is 5.67.